The normalized spacial score (nSPS) is 13.0. The molecule has 0 aliphatic rings. The van der Waals surface area contributed by atoms with Crippen LogP contribution >= 0.6 is 0 Å². The summed E-state index contributed by atoms with van der Waals surface area (Å²) >= 11 is 0. The van der Waals surface area contributed by atoms with Gasteiger partial charge in [0.25, 0.3) is 5.69 Å². The highest BCUT2D eigenvalue weighted by Gasteiger charge is 2.17. The molecular weight excluding hydrogens is 266 g/mol. The summed E-state index contributed by atoms with van der Waals surface area (Å²) in [7, 11) is 0. The van der Waals surface area contributed by atoms with Crippen molar-refractivity contribution in [3.05, 3.63) is 76.4 Å². The Morgan fingerprint density at radius 2 is 1.95 bits per heavy atom. The third-order valence-corrected chi connectivity index (χ3v) is 3.16. The maximum atomic E-state index is 11.1. The van der Waals surface area contributed by atoms with E-state index in [2.05, 4.69) is 11.6 Å². The van der Waals surface area contributed by atoms with Crippen molar-refractivity contribution in [2.24, 2.45) is 4.99 Å². The first-order valence-electron chi connectivity index (χ1n) is 6.61. The fourth-order valence-electron chi connectivity index (χ4n) is 2.14. The average molecular weight is 283 g/mol. The molecule has 0 saturated carbocycles. The van der Waals surface area contributed by atoms with E-state index in [0.29, 0.717) is 5.56 Å². The second-order valence-electron chi connectivity index (χ2n) is 4.79. The monoisotopic (exact) mass is 283 g/mol. The first kappa shape index (κ1) is 14.7. The smallest absolute Gasteiger partial charge is 0.274 e. The Kier molecular flexibility index (Phi) is 4.33. The van der Waals surface area contributed by atoms with E-state index < -0.39 is 0 Å². The van der Waals surface area contributed by atoms with Gasteiger partial charge in [-0.3, -0.25) is 15.1 Å². The maximum absolute atomic E-state index is 11.1. The van der Waals surface area contributed by atoms with Gasteiger partial charge in [-0.1, -0.05) is 30.8 Å². The van der Waals surface area contributed by atoms with Gasteiger partial charge in [-0.15, -0.1) is 0 Å². The number of nitro groups is 1. The molecule has 2 rings (SSSR count). The van der Waals surface area contributed by atoms with Crippen molar-refractivity contribution in [1.82, 2.24) is 4.57 Å². The van der Waals surface area contributed by atoms with Crippen LogP contribution in [0.1, 0.15) is 25.5 Å². The molecule has 1 aromatic carbocycles. The molecule has 108 valence electrons. The van der Waals surface area contributed by atoms with Gasteiger partial charge in [0.1, 0.15) is 5.49 Å². The van der Waals surface area contributed by atoms with Crippen LogP contribution in [0.2, 0.25) is 0 Å². The molecule has 1 atom stereocenters. The third kappa shape index (κ3) is 3.25. The Morgan fingerprint density at radius 1 is 1.29 bits per heavy atom. The Morgan fingerprint density at radius 3 is 2.62 bits per heavy atom. The lowest BCUT2D eigenvalue weighted by molar-refractivity contribution is -0.385. The van der Waals surface area contributed by atoms with Gasteiger partial charge in [-0.25, -0.2) is 0 Å². The molecule has 0 N–H and O–H groups in total. The van der Waals surface area contributed by atoms with E-state index in [1.165, 1.54) is 6.07 Å². The van der Waals surface area contributed by atoms with Gasteiger partial charge in [-0.2, -0.15) is 0 Å². The van der Waals surface area contributed by atoms with E-state index in [1.54, 1.807) is 18.2 Å². The van der Waals surface area contributed by atoms with Gasteiger partial charge in [0.2, 0.25) is 0 Å². The number of rotatable bonds is 4. The molecule has 0 aliphatic heterocycles. The summed E-state index contributed by atoms with van der Waals surface area (Å²) in [5.41, 5.74) is 2.24. The molecule has 0 saturated heterocycles. The largest absolute Gasteiger partial charge is 0.307 e. The topological polar surface area (TPSA) is 60.4 Å². The Labute approximate surface area is 123 Å². The lowest BCUT2D eigenvalue weighted by atomic mass is 10.1. The molecule has 1 heterocycles. The number of pyridine rings is 1. The summed E-state index contributed by atoms with van der Waals surface area (Å²) in [6, 6.07) is 12.0. The fraction of sp³-hybridized carbons (Fsp3) is 0.188. The van der Waals surface area contributed by atoms with Crippen LogP contribution in [0.5, 0.6) is 0 Å². The minimum absolute atomic E-state index is 0.0894. The molecule has 0 amide bonds. The third-order valence-electron chi connectivity index (χ3n) is 3.16. The summed E-state index contributed by atoms with van der Waals surface area (Å²) in [5, 5.41) is 11.1. The highest BCUT2D eigenvalue weighted by Crippen LogP contribution is 2.26. The van der Waals surface area contributed by atoms with Gasteiger partial charge < -0.3 is 4.57 Å². The molecule has 0 bridgehead atoms. The van der Waals surface area contributed by atoms with Crippen LogP contribution in [0.4, 0.5) is 5.69 Å². The maximum Gasteiger partial charge on any atom is 0.274 e. The van der Waals surface area contributed by atoms with Gasteiger partial charge in [0.15, 0.2) is 0 Å². The number of hydrogen-bond donors (Lipinski definition) is 0. The molecule has 1 unspecified atom stereocenters. The van der Waals surface area contributed by atoms with Crippen LogP contribution in [-0.2, 0) is 0 Å². The minimum atomic E-state index is -0.376. The number of allylic oxidation sites excluding steroid dienone is 1. The summed E-state index contributed by atoms with van der Waals surface area (Å²) in [6.07, 6.45) is 1.87. The molecule has 0 spiro atoms. The highest BCUT2D eigenvalue weighted by atomic mass is 16.6. The van der Waals surface area contributed by atoms with Crippen molar-refractivity contribution >= 4 is 11.4 Å². The van der Waals surface area contributed by atoms with Crippen molar-refractivity contribution in [2.75, 3.05) is 0 Å². The highest BCUT2D eigenvalue weighted by molar-refractivity contribution is 5.42. The van der Waals surface area contributed by atoms with Gasteiger partial charge in [-0.05, 0) is 26.0 Å². The zero-order valence-electron chi connectivity index (χ0n) is 12.1. The van der Waals surface area contributed by atoms with Crippen LogP contribution in [0, 0.1) is 10.1 Å². The first-order valence-corrected chi connectivity index (χ1v) is 6.61. The predicted octanol–water partition coefficient (Wildman–Crippen LogP) is 3.55. The molecular formula is C16H17N3O2. The SMILES string of the molecule is C=C(C)n1ccccc1=NC(C)c1ccccc1[N+](=O)[O-]. The number of aromatic nitrogens is 1. The molecule has 5 heteroatoms. The molecule has 5 nitrogen and oxygen atoms in total. The quantitative estimate of drug-likeness (QED) is 0.636. The van der Waals surface area contributed by atoms with Crippen molar-refractivity contribution in [1.29, 1.82) is 0 Å². The van der Waals surface area contributed by atoms with Crippen molar-refractivity contribution < 1.29 is 4.92 Å². The summed E-state index contributed by atoms with van der Waals surface area (Å²) in [4.78, 5) is 15.3. The first-order chi connectivity index (χ1) is 10.0. The van der Waals surface area contributed by atoms with Gasteiger partial charge in [0, 0.05) is 18.0 Å². The minimum Gasteiger partial charge on any atom is -0.307 e. The lowest BCUT2D eigenvalue weighted by Gasteiger charge is -2.10. The molecule has 1 aromatic heterocycles. The number of benzene rings is 1. The van der Waals surface area contributed by atoms with Crippen molar-refractivity contribution in [2.45, 2.75) is 19.9 Å². The van der Waals surface area contributed by atoms with E-state index in [-0.39, 0.29) is 16.7 Å². The zero-order chi connectivity index (χ0) is 15.4. The molecule has 0 fully saturated rings. The second-order valence-corrected chi connectivity index (χ2v) is 4.79. The van der Waals surface area contributed by atoms with Crippen LogP contribution in [0.15, 0.2) is 60.2 Å². The zero-order valence-corrected chi connectivity index (χ0v) is 12.1. The lowest BCUT2D eigenvalue weighted by Crippen LogP contribution is -2.18. The van der Waals surface area contributed by atoms with E-state index in [9.17, 15) is 10.1 Å². The number of para-hydroxylation sites is 1. The number of nitrogens with zero attached hydrogens (tertiary/aromatic N) is 3. The van der Waals surface area contributed by atoms with Crippen LogP contribution in [0.3, 0.4) is 0 Å². The van der Waals surface area contributed by atoms with E-state index in [1.807, 2.05) is 42.8 Å². The van der Waals surface area contributed by atoms with Crippen LogP contribution in [-0.4, -0.2) is 9.49 Å². The molecule has 0 aliphatic carbocycles. The predicted molar refractivity (Wildman–Crippen MR) is 82.5 cm³/mol. The Hall–Kier alpha value is -2.69. The van der Waals surface area contributed by atoms with E-state index in [4.69, 9.17) is 0 Å². The van der Waals surface area contributed by atoms with E-state index >= 15 is 0 Å². The van der Waals surface area contributed by atoms with Gasteiger partial charge in [0.05, 0.1) is 16.5 Å². The number of nitro benzene ring substituents is 1. The second kappa shape index (κ2) is 6.17. The summed E-state index contributed by atoms with van der Waals surface area (Å²) in [5.74, 6) is 0. The molecule has 2 aromatic rings. The van der Waals surface area contributed by atoms with Crippen LogP contribution in [0.25, 0.3) is 5.70 Å². The Bertz CT molecular complexity index is 747. The summed E-state index contributed by atoms with van der Waals surface area (Å²) in [6.45, 7) is 7.64. The van der Waals surface area contributed by atoms with Crippen molar-refractivity contribution in [3.8, 4) is 0 Å². The molecule has 21 heavy (non-hydrogen) atoms. The summed E-state index contributed by atoms with van der Waals surface area (Å²) < 4.78 is 1.85. The number of hydrogen-bond acceptors (Lipinski definition) is 3. The Balaban J connectivity index is 2.52. The van der Waals surface area contributed by atoms with E-state index in [0.717, 1.165) is 11.2 Å². The van der Waals surface area contributed by atoms with Crippen molar-refractivity contribution in [3.63, 3.8) is 0 Å². The van der Waals surface area contributed by atoms with Gasteiger partial charge >= 0.3 is 0 Å². The standard InChI is InChI=1S/C16H17N3O2/c1-12(2)18-11-7-6-10-16(18)17-13(3)14-8-4-5-9-15(14)19(20)21/h4-11,13H,1H2,2-3H3. The van der Waals surface area contributed by atoms with Crippen LogP contribution < -0.4 is 5.49 Å². The average Bonchev–Trinajstić information content (AvgIpc) is 2.47. The molecule has 0 radical (unpaired) electrons. The fourth-order valence-corrected chi connectivity index (χ4v) is 2.14.